The summed E-state index contributed by atoms with van der Waals surface area (Å²) >= 11 is 0. The van der Waals surface area contributed by atoms with Gasteiger partial charge in [-0.3, -0.25) is 0 Å². The summed E-state index contributed by atoms with van der Waals surface area (Å²) in [7, 11) is 0. The van der Waals surface area contributed by atoms with Crippen molar-refractivity contribution in [3.8, 4) is 0 Å². The number of hydrogen-bond acceptors (Lipinski definition) is 8. The highest BCUT2D eigenvalue weighted by Gasteiger charge is 2.11. The van der Waals surface area contributed by atoms with Crippen LogP contribution in [0.25, 0.3) is 0 Å². The lowest BCUT2D eigenvalue weighted by Gasteiger charge is -2.05. The molecule has 8 nitrogen and oxygen atoms in total. The molecule has 0 aliphatic rings. The fourth-order valence-corrected chi connectivity index (χ4v) is 0.773. The molecular weight excluding hydrogens is 248 g/mol. The topological polar surface area (TPSA) is 89.5 Å². The van der Waals surface area contributed by atoms with E-state index in [1.807, 2.05) is 0 Å². The summed E-state index contributed by atoms with van der Waals surface area (Å²) < 4.78 is 18.8. The number of rotatable bonds is 8. The van der Waals surface area contributed by atoms with Gasteiger partial charge < -0.3 is 18.9 Å². The Hall–Kier alpha value is -1.54. The molecule has 0 fully saturated rings. The maximum Gasteiger partial charge on any atom is 0.550 e. The highest BCUT2D eigenvalue weighted by atomic mass is 17.3. The molecule has 0 aromatic rings. The third kappa shape index (κ3) is 11.0. The molecule has 0 saturated carbocycles. The Bertz CT molecular complexity index is 206. The molecule has 0 aromatic carbocycles. The SMILES string of the molecule is CCOCCOC(=O)OOC(=O)OCCOCC. The van der Waals surface area contributed by atoms with E-state index in [0.717, 1.165) is 0 Å². The third-order valence-corrected chi connectivity index (χ3v) is 1.48. The summed E-state index contributed by atoms with van der Waals surface area (Å²) in [5.41, 5.74) is 0. The van der Waals surface area contributed by atoms with E-state index < -0.39 is 12.3 Å². The zero-order valence-electron chi connectivity index (χ0n) is 10.5. The van der Waals surface area contributed by atoms with Crippen LogP contribution in [0, 0.1) is 0 Å². The van der Waals surface area contributed by atoms with E-state index in [1.54, 1.807) is 13.8 Å². The predicted octanol–water partition coefficient (Wildman–Crippen LogP) is 1.28. The summed E-state index contributed by atoms with van der Waals surface area (Å²) in [6.07, 6.45) is -2.28. The summed E-state index contributed by atoms with van der Waals surface area (Å²) in [6, 6.07) is 0. The van der Waals surface area contributed by atoms with Gasteiger partial charge in [0.1, 0.15) is 13.2 Å². The van der Waals surface area contributed by atoms with Crippen LogP contribution in [0.15, 0.2) is 0 Å². The summed E-state index contributed by atoms with van der Waals surface area (Å²) in [5.74, 6) is 0. The second-order valence-corrected chi connectivity index (χ2v) is 2.76. The molecule has 0 aromatic heterocycles. The van der Waals surface area contributed by atoms with Crippen LogP contribution in [0.4, 0.5) is 9.59 Å². The Labute approximate surface area is 105 Å². The van der Waals surface area contributed by atoms with E-state index in [0.29, 0.717) is 13.2 Å². The number of hydrogen-bond donors (Lipinski definition) is 0. The molecule has 0 N–H and O–H groups in total. The lowest BCUT2D eigenvalue weighted by Crippen LogP contribution is -2.17. The Morgan fingerprint density at radius 2 is 1.11 bits per heavy atom. The zero-order chi connectivity index (χ0) is 13.6. The zero-order valence-corrected chi connectivity index (χ0v) is 10.5. The van der Waals surface area contributed by atoms with Gasteiger partial charge >= 0.3 is 12.3 Å². The average molecular weight is 266 g/mol. The predicted molar refractivity (Wildman–Crippen MR) is 57.9 cm³/mol. The van der Waals surface area contributed by atoms with Crippen LogP contribution in [0.5, 0.6) is 0 Å². The Kier molecular flexibility index (Phi) is 10.9. The number of carbonyl (C=O) groups is 2. The molecule has 0 unspecified atom stereocenters. The second kappa shape index (κ2) is 11.9. The van der Waals surface area contributed by atoms with Crippen molar-refractivity contribution in [2.24, 2.45) is 0 Å². The number of carbonyl (C=O) groups excluding carboxylic acids is 2. The van der Waals surface area contributed by atoms with Gasteiger partial charge in [0, 0.05) is 13.2 Å². The monoisotopic (exact) mass is 266 g/mol. The first-order valence-corrected chi connectivity index (χ1v) is 5.54. The molecule has 0 saturated heterocycles. The van der Waals surface area contributed by atoms with Gasteiger partial charge in [-0.15, -0.1) is 0 Å². The molecule has 0 heterocycles. The van der Waals surface area contributed by atoms with Crippen LogP contribution < -0.4 is 0 Å². The maximum atomic E-state index is 10.8. The minimum absolute atomic E-state index is 0.00935. The molecule has 0 radical (unpaired) electrons. The second-order valence-electron chi connectivity index (χ2n) is 2.76. The normalized spacial score (nSPS) is 9.67. The fourth-order valence-electron chi connectivity index (χ4n) is 0.773. The van der Waals surface area contributed by atoms with Gasteiger partial charge in [0.2, 0.25) is 0 Å². The largest absolute Gasteiger partial charge is 0.550 e. The van der Waals surface area contributed by atoms with Gasteiger partial charge in [0.15, 0.2) is 0 Å². The Balaban J connectivity index is 3.39. The molecule has 0 spiro atoms. The molecule has 0 bridgehead atoms. The van der Waals surface area contributed by atoms with Crippen molar-refractivity contribution >= 4 is 12.3 Å². The van der Waals surface area contributed by atoms with Crippen LogP contribution in [0.3, 0.4) is 0 Å². The molecule has 0 aliphatic heterocycles. The van der Waals surface area contributed by atoms with Crippen LogP contribution in [0.2, 0.25) is 0 Å². The van der Waals surface area contributed by atoms with E-state index in [9.17, 15) is 9.59 Å². The van der Waals surface area contributed by atoms with Gasteiger partial charge in [-0.2, -0.15) is 19.4 Å². The fraction of sp³-hybridized carbons (Fsp3) is 0.800. The number of ether oxygens (including phenoxy) is 4. The Morgan fingerprint density at radius 1 is 0.722 bits per heavy atom. The minimum Gasteiger partial charge on any atom is -0.429 e. The van der Waals surface area contributed by atoms with Crippen molar-refractivity contribution in [3.63, 3.8) is 0 Å². The van der Waals surface area contributed by atoms with Gasteiger partial charge in [-0.05, 0) is 13.8 Å². The molecule has 106 valence electrons. The van der Waals surface area contributed by atoms with Crippen molar-refractivity contribution in [1.29, 1.82) is 0 Å². The van der Waals surface area contributed by atoms with Crippen molar-refractivity contribution < 1.29 is 38.3 Å². The third-order valence-electron chi connectivity index (χ3n) is 1.48. The molecular formula is C10H18O8. The highest BCUT2D eigenvalue weighted by molar-refractivity contribution is 5.63. The first-order valence-electron chi connectivity index (χ1n) is 5.54. The maximum absolute atomic E-state index is 10.8. The van der Waals surface area contributed by atoms with Crippen molar-refractivity contribution in [2.45, 2.75) is 13.8 Å². The summed E-state index contributed by atoms with van der Waals surface area (Å²) in [5, 5.41) is 0. The molecule has 0 amide bonds. The lowest BCUT2D eigenvalue weighted by atomic mass is 10.7. The summed E-state index contributed by atoms with van der Waals surface area (Å²) in [4.78, 5) is 29.7. The van der Waals surface area contributed by atoms with Gasteiger partial charge in [0.05, 0.1) is 13.2 Å². The quantitative estimate of drug-likeness (QED) is 0.281. The van der Waals surface area contributed by atoms with Crippen molar-refractivity contribution in [3.05, 3.63) is 0 Å². The average Bonchev–Trinajstić information content (AvgIpc) is 2.37. The first kappa shape index (κ1) is 16.5. The van der Waals surface area contributed by atoms with Gasteiger partial charge in [-0.1, -0.05) is 0 Å². The minimum atomic E-state index is -1.14. The highest BCUT2D eigenvalue weighted by Crippen LogP contribution is 1.92. The van der Waals surface area contributed by atoms with E-state index in [1.165, 1.54) is 0 Å². The van der Waals surface area contributed by atoms with E-state index in [4.69, 9.17) is 9.47 Å². The van der Waals surface area contributed by atoms with Gasteiger partial charge in [-0.25, -0.2) is 0 Å². The van der Waals surface area contributed by atoms with Gasteiger partial charge in [0.25, 0.3) is 0 Å². The van der Waals surface area contributed by atoms with Crippen molar-refractivity contribution in [1.82, 2.24) is 0 Å². The van der Waals surface area contributed by atoms with Crippen LogP contribution in [-0.4, -0.2) is 52.0 Å². The smallest absolute Gasteiger partial charge is 0.429 e. The van der Waals surface area contributed by atoms with E-state index >= 15 is 0 Å². The molecule has 8 heteroatoms. The lowest BCUT2D eigenvalue weighted by molar-refractivity contribution is -0.219. The van der Waals surface area contributed by atoms with Crippen LogP contribution in [-0.2, 0) is 28.7 Å². The molecule has 0 aliphatic carbocycles. The van der Waals surface area contributed by atoms with E-state index in [-0.39, 0.29) is 26.4 Å². The molecule has 0 atom stereocenters. The van der Waals surface area contributed by atoms with Crippen molar-refractivity contribution in [2.75, 3.05) is 39.6 Å². The van der Waals surface area contributed by atoms with E-state index in [2.05, 4.69) is 19.2 Å². The Morgan fingerprint density at radius 3 is 1.44 bits per heavy atom. The standard InChI is InChI=1S/C10H18O8/c1-3-13-5-7-15-9(11)17-18-10(12)16-8-6-14-4-2/h3-8H2,1-2H3. The van der Waals surface area contributed by atoms with Crippen LogP contribution >= 0.6 is 0 Å². The van der Waals surface area contributed by atoms with Crippen LogP contribution in [0.1, 0.15) is 13.8 Å². The molecule has 0 rings (SSSR count). The first-order chi connectivity index (χ1) is 8.70. The summed E-state index contributed by atoms with van der Waals surface area (Å²) in [6.45, 7) is 5.14. The molecule has 18 heavy (non-hydrogen) atoms.